The molecule has 1 N–H and O–H groups in total. The fraction of sp³-hybridized carbons (Fsp3) is 0.556. The highest BCUT2D eigenvalue weighted by atomic mass is 16.5. The highest BCUT2D eigenvalue weighted by molar-refractivity contribution is 5.93. The van der Waals surface area contributed by atoms with Gasteiger partial charge in [0.25, 0.3) is 5.91 Å². The van der Waals surface area contributed by atoms with E-state index in [4.69, 9.17) is 4.52 Å². The van der Waals surface area contributed by atoms with Crippen molar-refractivity contribution in [3.63, 3.8) is 0 Å². The largest absolute Gasteiger partial charge is 0.354 e. The average molecular weight is 358 g/mol. The smallest absolute Gasteiger partial charge is 0.253 e. The Morgan fingerprint density at radius 2 is 2.19 bits per heavy atom. The number of nitrogens with zero attached hydrogens (tertiary/aromatic N) is 5. The van der Waals surface area contributed by atoms with Gasteiger partial charge >= 0.3 is 0 Å². The predicted octanol–water partition coefficient (Wildman–Crippen LogP) is 1.66. The molecule has 1 aliphatic rings. The first kappa shape index (κ1) is 18.3. The Morgan fingerprint density at radius 1 is 1.38 bits per heavy atom. The second kappa shape index (κ2) is 7.82. The Kier molecular flexibility index (Phi) is 5.51. The first-order valence-corrected chi connectivity index (χ1v) is 8.96. The number of hydrogen-bond acceptors (Lipinski definition) is 7. The molecule has 0 saturated carbocycles. The van der Waals surface area contributed by atoms with E-state index in [0.29, 0.717) is 23.3 Å². The topological polar surface area (TPSA) is 87.4 Å². The van der Waals surface area contributed by atoms with Gasteiger partial charge in [-0.05, 0) is 26.1 Å². The number of aromatic nitrogens is 3. The highest BCUT2D eigenvalue weighted by Crippen LogP contribution is 2.16. The Labute approximate surface area is 153 Å². The summed E-state index contributed by atoms with van der Waals surface area (Å²) in [7, 11) is 2.14. The van der Waals surface area contributed by atoms with Crippen molar-refractivity contribution in [2.45, 2.75) is 39.3 Å². The van der Waals surface area contributed by atoms with Crippen molar-refractivity contribution >= 4 is 11.7 Å². The molecule has 3 heterocycles. The minimum absolute atomic E-state index is 0.168. The molecule has 2 aromatic heterocycles. The zero-order valence-electron chi connectivity index (χ0n) is 15.8. The monoisotopic (exact) mass is 358 g/mol. The molecule has 1 saturated heterocycles. The van der Waals surface area contributed by atoms with Gasteiger partial charge in [-0.25, -0.2) is 4.98 Å². The molecule has 2 aromatic rings. The fourth-order valence-electron chi connectivity index (χ4n) is 2.80. The molecule has 140 valence electrons. The van der Waals surface area contributed by atoms with Crippen molar-refractivity contribution in [3.05, 3.63) is 35.6 Å². The van der Waals surface area contributed by atoms with E-state index in [1.165, 1.54) is 0 Å². The zero-order chi connectivity index (χ0) is 18.7. The van der Waals surface area contributed by atoms with Crippen LogP contribution in [-0.4, -0.2) is 58.7 Å². The summed E-state index contributed by atoms with van der Waals surface area (Å²) in [6.07, 6.45) is 1.61. The normalized spacial score (nSPS) is 18.3. The third-order valence-corrected chi connectivity index (χ3v) is 4.68. The van der Waals surface area contributed by atoms with Gasteiger partial charge in [0.2, 0.25) is 5.89 Å². The minimum Gasteiger partial charge on any atom is -0.354 e. The number of likely N-dealkylation sites (N-methyl/N-ethyl adjacent to an activating group) is 1. The van der Waals surface area contributed by atoms with Gasteiger partial charge in [-0.1, -0.05) is 19.0 Å². The molecule has 0 bridgehead atoms. The molecular formula is C18H26N6O2. The summed E-state index contributed by atoms with van der Waals surface area (Å²) in [4.78, 5) is 25.6. The molecule has 1 amide bonds. The lowest BCUT2D eigenvalue weighted by atomic mass is 10.2. The van der Waals surface area contributed by atoms with Gasteiger partial charge < -0.3 is 19.6 Å². The molecule has 8 heteroatoms. The van der Waals surface area contributed by atoms with Crippen LogP contribution < -0.4 is 10.2 Å². The number of amides is 1. The number of piperazine rings is 1. The number of nitrogens with one attached hydrogen (secondary N) is 1. The average Bonchev–Trinajstić information content (AvgIpc) is 3.11. The molecule has 26 heavy (non-hydrogen) atoms. The van der Waals surface area contributed by atoms with Crippen molar-refractivity contribution in [3.8, 4) is 0 Å². The summed E-state index contributed by atoms with van der Waals surface area (Å²) in [5.41, 5.74) is 0.517. The predicted molar refractivity (Wildman–Crippen MR) is 98.1 cm³/mol. The molecule has 0 aliphatic carbocycles. The quantitative estimate of drug-likeness (QED) is 0.869. The summed E-state index contributed by atoms with van der Waals surface area (Å²) in [6, 6.07) is 4.19. The third kappa shape index (κ3) is 4.19. The SMILES string of the molecule is CC(C)c1nc(CNC(=O)c2ccc(N3CCN(C)[C@H](C)C3)nc2)no1. The van der Waals surface area contributed by atoms with Crippen LogP contribution in [0.5, 0.6) is 0 Å². The second-order valence-corrected chi connectivity index (χ2v) is 7.07. The van der Waals surface area contributed by atoms with Gasteiger partial charge in [0.1, 0.15) is 5.82 Å². The van der Waals surface area contributed by atoms with Crippen LogP contribution in [0.15, 0.2) is 22.9 Å². The first-order valence-electron chi connectivity index (χ1n) is 8.96. The lowest BCUT2D eigenvalue weighted by Crippen LogP contribution is -2.50. The minimum atomic E-state index is -0.202. The summed E-state index contributed by atoms with van der Waals surface area (Å²) in [5.74, 6) is 1.91. The van der Waals surface area contributed by atoms with Crippen LogP contribution in [0.25, 0.3) is 0 Å². The van der Waals surface area contributed by atoms with Gasteiger partial charge in [-0.15, -0.1) is 0 Å². The Morgan fingerprint density at radius 3 is 2.81 bits per heavy atom. The van der Waals surface area contributed by atoms with Gasteiger partial charge in [0.05, 0.1) is 12.1 Å². The van der Waals surface area contributed by atoms with Crippen molar-refractivity contribution in [1.82, 2.24) is 25.3 Å². The summed E-state index contributed by atoms with van der Waals surface area (Å²) in [5, 5.41) is 6.66. The maximum atomic E-state index is 12.3. The summed E-state index contributed by atoms with van der Waals surface area (Å²) < 4.78 is 5.13. The van der Waals surface area contributed by atoms with Crippen LogP contribution in [0.4, 0.5) is 5.82 Å². The zero-order valence-corrected chi connectivity index (χ0v) is 15.8. The molecular weight excluding hydrogens is 332 g/mol. The number of anilines is 1. The molecule has 1 fully saturated rings. The third-order valence-electron chi connectivity index (χ3n) is 4.68. The molecule has 0 aromatic carbocycles. The van der Waals surface area contributed by atoms with Gasteiger partial charge in [-0.2, -0.15) is 4.98 Å². The number of carbonyl (C=O) groups is 1. The van der Waals surface area contributed by atoms with Gasteiger partial charge in [-0.3, -0.25) is 4.79 Å². The second-order valence-electron chi connectivity index (χ2n) is 7.07. The standard InChI is InChI=1S/C18H26N6O2/c1-12(2)18-21-15(22-26-18)10-20-17(25)14-5-6-16(19-9-14)24-8-7-23(4)13(3)11-24/h5-6,9,12-13H,7-8,10-11H2,1-4H3,(H,20,25)/t13-/m1/s1. The maximum absolute atomic E-state index is 12.3. The molecule has 1 aliphatic heterocycles. The van der Waals surface area contributed by atoms with Gasteiger partial charge in [0.15, 0.2) is 5.82 Å². The number of pyridine rings is 1. The van der Waals surface area contributed by atoms with Crippen LogP contribution in [0.3, 0.4) is 0 Å². The van der Waals surface area contributed by atoms with E-state index in [-0.39, 0.29) is 18.4 Å². The molecule has 0 spiro atoms. The maximum Gasteiger partial charge on any atom is 0.253 e. The number of rotatable bonds is 5. The van der Waals surface area contributed by atoms with Crippen molar-refractivity contribution in [1.29, 1.82) is 0 Å². The van der Waals surface area contributed by atoms with Crippen molar-refractivity contribution in [2.24, 2.45) is 0 Å². The van der Waals surface area contributed by atoms with Crippen LogP contribution in [-0.2, 0) is 6.54 Å². The molecule has 8 nitrogen and oxygen atoms in total. The lowest BCUT2D eigenvalue weighted by molar-refractivity contribution is 0.0949. The van der Waals surface area contributed by atoms with Crippen LogP contribution >= 0.6 is 0 Å². The summed E-state index contributed by atoms with van der Waals surface area (Å²) in [6.45, 7) is 9.27. The molecule has 0 radical (unpaired) electrons. The van der Waals surface area contributed by atoms with Crippen LogP contribution in [0.2, 0.25) is 0 Å². The Bertz CT molecular complexity index is 742. The number of hydrogen-bond donors (Lipinski definition) is 1. The van der Waals surface area contributed by atoms with E-state index >= 15 is 0 Å². The summed E-state index contributed by atoms with van der Waals surface area (Å²) >= 11 is 0. The van der Waals surface area contributed by atoms with Crippen molar-refractivity contribution < 1.29 is 9.32 Å². The van der Waals surface area contributed by atoms with E-state index in [1.54, 1.807) is 12.3 Å². The molecule has 0 unspecified atom stereocenters. The van der Waals surface area contributed by atoms with Crippen LogP contribution in [0, 0.1) is 0 Å². The highest BCUT2D eigenvalue weighted by Gasteiger charge is 2.21. The van der Waals surface area contributed by atoms with E-state index in [2.05, 4.69) is 44.2 Å². The van der Waals surface area contributed by atoms with E-state index < -0.39 is 0 Å². The van der Waals surface area contributed by atoms with Gasteiger partial charge in [0, 0.05) is 37.8 Å². The van der Waals surface area contributed by atoms with E-state index in [0.717, 1.165) is 25.5 Å². The van der Waals surface area contributed by atoms with Crippen molar-refractivity contribution in [2.75, 3.05) is 31.6 Å². The van der Waals surface area contributed by atoms with E-state index in [9.17, 15) is 4.79 Å². The fourth-order valence-corrected chi connectivity index (χ4v) is 2.80. The first-order chi connectivity index (χ1) is 12.4. The molecule has 1 atom stereocenters. The lowest BCUT2D eigenvalue weighted by Gasteiger charge is -2.38. The van der Waals surface area contributed by atoms with Crippen LogP contribution in [0.1, 0.15) is 48.8 Å². The number of carbonyl (C=O) groups excluding carboxylic acids is 1. The Balaban J connectivity index is 1.56. The van der Waals surface area contributed by atoms with E-state index in [1.807, 2.05) is 19.9 Å². The Hall–Kier alpha value is -2.48. The molecule has 3 rings (SSSR count).